The van der Waals surface area contributed by atoms with Crippen LogP contribution < -0.4 is 16.1 Å². The summed E-state index contributed by atoms with van der Waals surface area (Å²) in [5, 5.41) is 0.374. The van der Waals surface area contributed by atoms with E-state index in [0.29, 0.717) is 5.08 Å². The quantitative estimate of drug-likeness (QED) is 0.611. The van der Waals surface area contributed by atoms with Crippen LogP contribution in [-0.2, 0) is 0 Å². The first-order valence-electron chi connectivity index (χ1n) is 5.76. The predicted molar refractivity (Wildman–Crippen MR) is 70.0 cm³/mol. The van der Waals surface area contributed by atoms with Crippen molar-refractivity contribution in [1.29, 1.82) is 0 Å². The molecule has 0 bridgehead atoms. The summed E-state index contributed by atoms with van der Waals surface area (Å²) in [5.41, 5.74) is -0.557. The van der Waals surface area contributed by atoms with Gasteiger partial charge in [0, 0.05) is 5.56 Å². The van der Waals surface area contributed by atoms with Crippen LogP contribution in [0.2, 0.25) is 0 Å². The first kappa shape index (κ1) is 13.5. The minimum Gasteiger partial charge on any atom is -0.353 e. The van der Waals surface area contributed by atoms with Crippen molar-refractivity contribution < 1.29 is 13.9 Å². The van der Waals surface area contributed by atoms with Gasteiger partial charge in [-0.1, -0.05) is 30.0 Å². The van der Waals surface area contributed by atoms with E-state index < -0.39 is 11.3 Å². The first-order chi connectivity index (χ1) is 9.65. The molecule has 6 nitrogen and oxygen atoms in total. The zero-order chi connectivity index (χ0) is 14.4. The molecule has 0 aliphatic rings. The van der Waals surface area contributed by atoms with Gasteiger partial charge in [0.05, 0.1) is 0 Å². The van der Waals surface area contributed by atoms with E-state index in [1.165, 1.54) is 0 Å². The lowest BCUT2D eigenvalue weighted by Crippen LogP contribution is -2.14. The summed E-state index contributed by atoms with van der Waals surface area (Å²) >= 11 is 0. The highest BCUT2D eigenvalue weighted by atomic mass is 17.0. The Bertz CT molecular complexity index is 740. The van der Waals surface area contributed by atoms with E-state index in [4.69, 9.17) is 4.84 Å². The van der Waals surface area contributed by atoms with Crippen molar-refractivity contribution in [2.75, 3.05) is 6.61 Å². The predicted octanol–water partition coefficient (Wildman–Crippen LogP) is 0.821. The van der Waals surface area contributed by atoms with Crippen molar-refractivity contribution in [2.24, 2.45) is 0 Å². The van der Waals surface area contributed by atoms with Gasteiger partial charge in [-0.15, -0.1) is 0 Å². The molecular weight excluding hydrogens is 262 g/mol. The molecule has 1 aromatic heterocycles. The third kappa shape index (κ3) is 3.78. The second kappa shape index (κ2) is 6.29. The van der Waals surface area contributed by atoms with Gasteiger partial charge < -0.3 is 4.84 Å². The molecule has 0 spiro atoms. The first-order valence-corrected chi connectivity index (χ1v) is 5.76. The van der Waals surface area contributed by atoms with Gasteiger partial charge >= 0.3 is 11.3 Å². The fourth-order valence-electron chi connectivity index (χ4n) is 1.25. The van der Waals surface area contributed by atoms with Gasteiger partial charge in [0.1, 0.15) is 11.7 Å². The highest BCUT2D eigenvalue weighted by Crippen LogP contribution is 1.96. The molecule has 0 fully saturated rings. The molecule has 102 valence electrons. The lowest BCUT2D eigenvalue weighted by Gasteiger charge is -1.95. The maximum absolute atomic E-state index is 10.7. The van der Waals surface area contributed by atoms with E-state index in [9.17, 15) is 9.59 Å². The van der Waals surface area contributed by atoms with Gasteiger partial charge in [0.15, 0.2) is 0 Å². The molecule has 6 heteroatoms. The molecule has 0 aliphatic carbocycles. The maximum Gasteiger partial charge on any atom is 0.449 e. The number of aromatic nitrogens is 1. The Morgan fingerprint density at radius 3 is 2.55 bits per heavy atom. The molecule has 0 amide bonds. The maximum atomic E-state index is 10.7. The van der Waals surface area contributed by atoms with Gasteiger partial charge in [-0.05, 0) is 30.7 Å². The van der Waals surface area contributed by atoms with Crippen LogP contribution in [0.5, 0.6) is 0 Å². The van der Waals surface area contributed by atoms with E-state index in [1.54, 1.807) is 13.0 Å². The molecule has 0 saturated carbocycles. The average Bonchev–Trinajstić information content (AvgIpc) is 2.76. The Morgan fingerprint density at radius 1 is 1.25 bits per heavy atom. The molecule has 2 rings (SSSR count). The molecule has 1 heterocycles. The van der Waals surface area contributed by atoms with Gasteiger partial charge in [-0.3, -0.25) is 9.05 Å². The largest absolute Gasteiger partial charge is 0.449 e. The van der Waals surface area contributed by atoms with Crippen LogP contribution in [0, 0.1) is 11.8 Å². The van der Waals surface area contributed by atoms with Crippen molar-refractivity contribution >= 4 is 0 Å². The van der Waals surface area contributed by atoms with Crippen molar-refractivity contribution in [2.45, 2.75) is 6.92 Å². The molecule has 0 saturated heterocycles. The van der Waals surface area contributed by atoms with E-state index in [2.05, 4.69) is 20.9 Å². The molecule has 0 atom stereocenters. The highest BCUT2D eigenvalue weighted by Gasteiger charge is 2.04. The molecule has 0 radical (unpaired) electrons. The van der Waals surface area contributed by atoms with Crippen molar-refractivity contribution in [3.8, 4) is 11.8 Å². The third-order valence-corrected chi connectivity index (χ3v) is 2.23. The smallest absolute Gasteiger partial charge is 0.353 e. The Hall–Kier alpha value is -2.94. The summed E-state index contributed by atoms with van der Waals surface area (Å²) in [6, 6.07) is 9.53. The monoisotopic (exact) mass is 273 g/mol. The fourth-order valence-corrected chi connectivity index (χ4v) is 1.25. The zero-order valence-corrected chi connectivity index (χ0v) is 10.7. The molecule has 0 aliphatic heterocycles. The SMILES string of the molecule is CC(C#Cc1ccccc1)=CCOn1oc(=O)c(=O)o1. The van der Waals surface area contributed by atoms with Crippen molar-refractivity contribution in [1.82, 2.24) is 5.08 Å². The summed E-state index contributed by atoms with van der Waals surface area (Å²) in [4.78, 5) is 26.2. The van der Waals surface area contributed by atoms with Gasteiger partial charge in [0.2, 0.25) is 0 Å². The van der Waals surface area contributed by atoms with Crippen LogP contribution in [0.25, 0.3) is 0 Å². The standard InChI is InChI=1S/C14H11NO5/c1-11(7-8-12-5-3-2-4-6-12)9-10-18-15-19-13(16)14(17)20-15/h2-6,9H,10H2,1H3. The minimum absolute atomic E-state index is 0.0515. The summed E-state index contributed by atoms with van der Waals surface area (Å²) in [6.07, 6.45) is 1.66. The van der Waals surface area contributed by atoms with E-state index in [0.717, 1.165) is 11.1 Å². The Morgan fingerprint density at radius 2 is 1.90 bits per heavy atom. The lowest BCUT2D eigenvalue weighted by atomic mass is 10.2. The Labute approximate surface area is 113 Å². The minimum atomic E-state index is -1.12. The van der Waals surface area contributed by atoms with Crippen LogP contribution in [0.3, 0.4) is 0 Å². The normalized spacial score (nSPS) is 10.8. The zero-order valence-electron chi connectivity index (χ0n) is 10.7. The molecule has 0 unspecified atom stereocenters. The number of hydrogen-bond acceptors (Lipinski definition) is 5. The second-order valence-corrected chi connectivity index (χ2v) is 3.78. The summed E-state index contributed by atoms with van der Waals surface area (Å²) in [5.74, 6) is 5.92. The van der Waals surface area contributed by atoms with Gasteiger partial charge in [0.25, 0.3) is 0 Å². The number of allylic oxidation sites excluding steroid dienone is 1. The number of benzene rings is 1. The highest BCUT2D eigenvalue weighted by molar-refractivity contribution is 5.39. The number of rotatable bonds is 3. The Balaban J connectivity index is 1.93. The second-order valence-electron chi connectivity index (χ2n) is 3.78. The van der Waals surface area contributed by atoms with Crippen molar-refractivity contribution in [3.05, 3.63) is 68.4 Å². The van der Waals surface area contributed by atoms with Crippen LogP contribution in [-0.4, -0.2) is 11.7 Å². The molecular formula is C14H11NO5. The summed E-state index contributed by atoms with van der Waals surface area (Å²) in [6.45, 7) is 1.86. The van der Waals surface area contributed by atoms with E-state index in [-0.39, 0.29) is 6.61 Å². The average molecular weight is 273 g/mol. The molecule has 2 aromatic rings. The number of nitrogens with zero attached hydrogens (tertiary/aromatic N) is 1. The molecule has 20 heavy (non-hydrogen) atoms. The lowest BCUT2D eigenvalue weighted by molar-refractivity contribution is -0.137. The van der Waals surface area contributed by atoms with Crippen LogP contribution >= 0.6 is 0 Å². The topological polar surface area (TPSA) is 74.6 Å². The molecule has 0 N–H and O–H groups in total. The van der Waals surface area contributed by atoms with Crippen LogP contribution in [0.1, 0.15) is 12.5 Å². The van der Waals surface area contributed by atoms with Crippen molar-refractivity contribution in [3.63, 3.8) is 0 Å². The summed E-state index contributed by atoms with van der Waals surface area (Å²) in [7, 11) is 0. The Kier molecular flexibility index (Phi) is 4.24. The van der Waals surface area contributed by atoms with Gasteiger partial charge in [-0.2, -0.15) is 0 Å². The third-order valence-electron chi connectivity index (χ3n) is 2.23. The van der Waals surface area contributed by atoms with Crippen LogP contribution in [0.15, 0.2) is 60.6 Å². The summed E-state index contributed by atoms with van der Waals surface area (Å²) < 4.78 is 8.64. The fraction of sp³-hybridized carbons (Fsp3) is 0.143. The van der Waals surface area contributed by atoms with E-state index in [1.807, 2.05) is 30.3 Å². The number of hydrogen-bond donors (Lipinski definition) is 0. The van der Waals surface area contributed by atoms with E-state index >= 15 is 0 Å². The van der Waals surface area contributed by atoms with Gasteiger partial charge in [-0.25, -0.2) is 9.59 Å². The molecule has 1 aromatic carbocycles. The van der Waals surface area contributed by atoms with Crippen LogP contribution in [0.4, 0.5) is 0 Å².